The minimum Gasteiger partial charge on any atom is -0.512 e. The van der Waals surface area contributed by atoms with Crippen molar-refractivity contribution in [3.63, 3.8) is 0 Å². The fraction of sp³-hybridized carbons (Fsp3) is 0.854. The molecule has 0 radical (unpaired) electrons. The molecule has 5 N–H and O–H groups in total. The Morgan fingerprint density at radius 1 is 0.820 bits per heavy atom. The summed E-state index contributed by atoms with van der Waals surface area (Å²) in [7, 11) is 0. The summed E-state index contributed by atoms with van der Waals surface area (Å²) in [5.74, 6) is -0.810. The van der Waals surface area contributed by atoms with Crippen LogP contribution in [0.4, 0.5) is 0 Å². The zero-order valence-corrected chi connectivity index (χ0v) is 32.8. The molecule has 50 heavy (non-hydrogen) atoms. The summed E-state index contributed by atoms with van der Waals surface area (Å²) >= 11 is 0. The van der Waals surface area contributed by atoms with Gasteiger partial charge in [-0.15, -0.1) is 0 Å². The maximum atomic E-state index is 12.8. The number of ether oxygens (including phenoxy) is 2. The van der Waals surface area contributed by atoms with E-state index in [4.69, 9.17) is 14.6 Å². The molecule has 0 spiro atoms. The van der Waals surface area contributed by atoms with E-state index in [0.29, 0.717) is 25.7 Å². The number of aliphatic hydroxyl groups excluding tert-OH is 4. The monoisotopic (exact) mass is 709 g/mol. The van der Waals surface area contributed by atoms with Crippen molar-refractivity contribution in [1.29, 1.82) is 0 Å². The first-order valence-electron chi connectivity index (χ1n) is 19.4. The number of aliphatic hydroxyl groups is 4. The normalized spacial score (nSPS) is 30.7. The van der Waals surface area contributed by atoms with Crippen molar-refractivity contribution in [1.82, 2.24) is 0 Å². The van der Waals surface area contributed by atoms with Crippen LogP contribution in [0.25, 0.3) is 0 Å². The van der Waals surface area contributed by atoms with Gasteiger partial charge >= 0.3 is 5.97 Å². The van der Waals surface area contributed by atoms with E-state index in [1.54, 1.807) is 6.92 Å². The van der Waals surface area contributed by atoms with Crippen molar-refractivity contribution in [2.24, 2.45) is 41.4 Å². The summed E-state index contributed by atoms with van der Waals surface area (Å²) in [5, 5.41) is 51.9. The summed E-state index contributed by atoms with van der Waals surface area (Å²) in [5.41, 5.74) is -1.01. The molecular formula is C41H72O9. The largest absolute Gasteiger partial charge is 0.512 e. The summed E-state index contributed by atoms with van der Waals surface area (Å²) in [4.78, 5) is 23.7. The van der Waals surface area contributed by atoms with Crippen molar-refractivity contribution >= 4 is 11.8 Å². The lowest BCUT2D eigenvalue weighted by atomic mass is 9.85. The zero-order valence-electron chi connectivity index (χ0n) is 32.8. The Balaban J connectivity index is 1.77. The second kappa shape index (κ2) is 19.9. The summed E-state index contributed by atoms with van der Waals surface area (Å²) < 4.78 is 12.7. The SMILES string of the molecule is C[C@H](C[C@@H](C)CCC(=O)O)C[C@@H](C)C(=O)/C=C(\O)[C@H](C)C[C@H](C)C/C=C/[C@@H](C)[C@H](O)[C@@H](C)[C@@H](O)C[C@H]1CC[C@](C)([C@@H]2CC[C@](C)([C@H](C)O)O2)O1. The fourth-order valence-electron chi connectivity index (χ4n) is 8.02. The van der Waals surface area contributed by atoms with E-state index in [-0.39, 0.29) is 71.6 Å². The average molecular weight is 709 g/mol. The average Bonchev–Trinajstić information content (AvgIpc) is 3.63. The third-order valence-electron chi connectivity index (χ3n) is 11.9. The fourth-order valence-corrected chi connectivity index (χ4v) is 8.02. The zero-order chi connectivity index (χ0) is 38.0. The molecule has 2 heterocycles. The molecule has 0 aromatic rings. The molecule has 0 unspecified atom stereocenters. The molecule has 0 amide bonds. The lowest BCUT2D eigenvalue weighted by molar-refractivity contribution is -0.172. The number of hydrogen-bond donors (Lipinski definition) is 5. The summed E-state index contributed by atoms with van der Waals surface area (Å²) in [6, 6.07) is 0. The van der Waals surface area contributed by atoms with Gasteiger partial charge in [-0.3, -0.25) is 9.59 Å². The number of carbonyl (C=O) groups excluding carboxylic acids is 1. The van der Waals surface area contributed by atoms with Gasteiger partial charge in [0.25, 0.3) is 0 Å². The van der Waals surface area contributed by atoms with Gasteiger partial charge in [-0.1, -0.05) is 60.6 Å². The lowest BCUT2D eigenvalue weighted by Gasteiger charge is -2.35. The van der Waals surface area contributed by atoms with Crippen molar-refractivity contribution in [3.8, 4) is 0 Å². The first-order chi connectivity index (χ1) is 23.2. The Morgan fingerprint density at radius 2 is 1.46 bits per heavy atom. The minimum absolute atomic E-state index is 0.0809. The van der Waals surface area contributed by atoms with Gasteiger partial charge in [0, 0.05) is 36.2 Å². The standard InChI is InChI=1S/C41H72O9/c1-25(21-29(5)34(43)24-35(44)30(6)22-27(3)20-26(2)14-15-38(46)47)12-11-13-28(4)39(48)31(7)36(45)23-33-16-18-41(10,49-33)37-17-19-40(9,50-37)32(8)42/h11,13,24-33,36-37,39,42-43,45,48H,12,14-23H2,1-10H3,(H,46,47)/b13-11+,34-24-/t25-,26+,27-,28-,29-,30-,31+,32+,33-,36+,37+,39+,40-,41-/m1/s1. The molecule has 2 fully saturated rings. The van der Waals surface area contributed by atoms with E-state index < -0.39 is 35.5 Å². The van der Waals surface area contributed by atoms with Gasteiger partial charge in [0.2, 0.25) is 0 Å². The molecule has 14 atom stereocenters. The topological polar surface area (TPSA) is 154 Å². The summed E-state index contributed by atoms with van der Waals surface area (Å²) in [6.07, 6.45) is 10.8. The molecule has 290 valence electrons. The van der Waals surface area contributed by atoms with Gasteiger partial charge in [0.15, 0.2) is 5.78 Å². The van der Waals surface area contributed by atoms with Crippen LogP contribution >= 0.6 is 0 Å². The van der Waals surface area contributed by atoms with Gasteiger partial charge < -0.3 is 35.0 Å². The Labute approximate surface area is 302 Å². The second-order valence-electron chi connectivity index (χ2n) is 17.1. The van der Waals surface area contributed by atoms with E-state index in [1.807, 2.05) is 40.7 Å². The molecule has 0 aliphatic carbocycles. The highest BCUT2D eigenvalue weighted by Gasteiger charge is 2.51. The number of carboxylic acid groups (broad SMARTS) is 1. The van der Waals surface area contributed by atoms with Crippen LogP contribution in [0, 0.1) is 41.4 Å². The van der Waals surface area contributed by atoms with E-state index in [1.165, 1.54) is 6.08 Å². The highest BCUT2D eigenvalue weighted by atomic mass is 16.6. The molecule has 0 aromatic heterocycles. The second-order valence-corrected chi connectivity index (χ2v) is 17.1. The van der Waals surface area contributed by atoms with Crippen LogP contribution in [0.15, 0.2) is 24.0 Å². The van der Waals surface area contributed by atoms with Gasteiger partial charge in [-0.2, -0.15) is 0 Å². The molecule has 0 aromatic carbocycles. The van der Waals surface area contributed by atoms with Crippen molar-refractivity contribution in [2.75, 3.05) is 0 Å². The van der Waals surface area contributed by atoms with Crippen LogP contribution in [0.1, 0.15) is 140 Å². The molecular weight excluding hydrogens is 636 g/mol. The number of rotatable bonds is 22. The number of allylic oxidation sites excluding steroid dienone is 3. The van der Waals surface area contributed by atoms with Gasteiger partial charge in [-0.25, -0.2) is 0 Å². The minimum atomic E-state index is -0.781. The van der Waals surface area contributed by atoms with Gasteiger partial charge in [0.05, 0.1) is 47.5 Å². The van der Waals surface area contributed by atoms with Gasteiger partial charge in [0.1, 0.15) is 0 Å². The maximum Gasteiger partial charge on any atom is 0.303 e. The number of carbonyl (C=O) groups is 2. The van der Waals surface area contributed by atoms with Crippen LogP contribution in [0.2, 0.25) is 0 Å². The molecule has 0 saturated carbocycles. The van der Waals surface area contributed by atoms with Crippen molar-refractivity contribution in [3.05, 3.63) is 24.0 Å². The van der Waals surface area contributed by atoms with Crippen LogP contribution in [-0.4, -0.2) is 79.0 Å². The van der Waals surface area contributed by atoms with E-state index in [9.17, 15) is 30.0 Å². The molecule has 0 bridgehead atoms. The van der Waals surface area contributed by atoms with Crippen molar-refractivity contribution < 1.29 is 44.6 Å². The molecule has 2 aliphatic heterocycles. The lowest BCUT2D eigenvalue weighted by Crippen LogP contribution is -2.44. The number of hydrogen-bond acceptors (Lipinski definition) is 8. The Hall–Kier alpha value is -1.78. The third-order valence-corrected chi connectivity index (χ3v) is 11.9. The summed E-state index contributed by atoms with van der Waals surface area (Å²) in [6.45, 7) is 19.7. The van der Waals surface area contributed by atoms with E-state index >= 15 is 0 Å². The molecule has 2 saturated heterocycles. The first-order valence-corrected chi connectivity index (χ1v) is 19.4. The molecule has 9 nitrogen and oxygen atoms in total. The van der Waals surface area contributed by atoms with Crippen LogP contribution in [-0.2, 0) is 19.1 Å². The van der Waals surface area contributed by atoms with Crippen LogP contribution < -0.4 is 0 Å². The molecule has 9 heteroatoms. The smallest absolute Gasteiger partial charge is 0.303 e. The quantitative estimate of drug-likeness (QED) is 0.0431. The predicted molar refractivity (Wildman–Crippen MR) is 198 cm³/mol. The van der Waals surface area contributed by atoms with Gasteiger partial charge in [-0.05, 0) is 103 Å². The Kier molecular flexibility index (Phi) is 17.7. The first kappa shape index (κ1) is 44.4. The highest BCUT2D eigenvalue weighted by Crippen LogP contribution is 2.45. The predicted octanol–water partition coefficient (Wildman–Crippen LogP) is 7.80. The van der Waals surface area contributed by atoms with Crippen LogP contribution in [0.3, 0.4) is 0 Å². The third kappa shape index (κ3) is 13.6. The number of carboxylic acids is 1. The molecule has 2 rings (SSSR count). The van der Waals surface area contributed by atoms with Crippen LogP contribution in [0.5, 0.6) is 0 Å². The van der Waals surface area contributed by atoms with Crippen molar-refractivity contribution in [2.45, 2.75) is 182 Å². The highest BCUT2D eigenvalue weighted by molar-refractivity contribution is 5.91. The number of ketones is 1. The van der Waals surface area contributed by atoms with E-state index in [0.717, 1.165) is 38.5 Å². The number of aliphatic carboxylic acids is 1. The Bertz CT molecular complexity index is 1120. The molecule has 2 aliphatic rings. The van der Waals surface area contributed by atoms with E-state index in [2.05, 4.69) is 33.8 Å². The Morgan fingerprint density at radius 3 is 2.06 bits per heavy atom. The maximum absolute atomic E-state index is 12.8.